The fraction of sp³-hybridized carbons (Fsp3) is 0.148. The molecule has 3 aromatic rings. The second-order valence-electron chi connectivity index (χ2n) is 8.80. The molecule has 0 aliphatic carbocycles. The number of anilines is 2. The van der Waals surface area contributed by atoms with Crippen LogP contribution in [0.3, 0.4) is 0 Å². The fourth-order valence-electron chi connectivity index (χ4n) is 5.75. The summed E-state index contributed by atoms with van der Waals surface area (Å²) in [7, 11) is 1.57. The van der Waals surface area contributed by atoms with Crippen LogP contribution in [0.5, 0.6) is 0 Å². The van der Waals surface area contributed by atoms with E-state index in [1.807, 2.05) is 36.4 Å². The maximum absolute atomic E-state index is 14.8. The lowest BCUT2D eigenvalue weighted by Crippen LogP contribution is -2.58. The molecule has 3 aliphatic rings. The van der Waals surface area contributed by atoms with Crippen molar-refractivity contribution in [1.29, 1.82) is 5.26 Å². The lowest BCUT2D eigenvalue weighted by atomic mass is 9.62. The van der Waals surface area contributed by atoms with Crippen molar-refractivity contribution in [3.8, 4) is 6.07 Å². The number of amides is 2. The number of rotatable bonds is 2. The maximum atomic E-state index is 14.8. The number of hydrogen-bond acceptors (Lipinski definition) is 5. The highest BCUT2D eigenvalue weighted by Gasteiger charge is 2.78. The summed E-state index contributed by atoms with van der Waals surface area (Å²) in [5.41, 5.74) is 4.35. The van der Waals surface area contributed by atoms with Gasteiger partial charge in [-0.2, -0.15) is 5.26 Å². The molecule has 2 spiro atoms. The first-order valence-electron chi connectivity index (χ1n) is 11.0. The van der Waals surface area contributed by atoms with Crippen molar-refractivity contribution in [2.45, 2.75) is 17.6 Å². The SMILES string of the molecule is CN1C(=O)C2(OC(N)=C(C#N)C23C(=O)N(Cc2ccccc2)c2ccc(F)cc23)c2ccccc21. The molecule has 3 heterocycles. The number of halogens is 1. The fourth-order valence-corrected chi connectivity index (χ4v) is 5.75. The Morgan fingerprint density at radius 2 is 1.69 bits per heavy atom. The Balaban J connectivity index is 1.70. The number of hydrogen-bond donors (Lipinski definition) is 1. The molecule has 35 heavy (non-hydrogen) atoms. The molecule has 2 atom stereocenters. The van der Waals surface area contributed by atoms with Gasteiger partial charge in [0.1, 0.15) is 17.5 Å². The molecule has 6 rings (SSSR count). The zero-order valence-electron chi connectivity index (χ0n) is 18.7. The first-order valence-corrected chi connectivity index (χ1v) is 11.0. The highest BCUT2D eigenvalue weighted by molar-refractivity contribution is 6.20. The Labute approximate surface area is 200 Å². The van der Waals surface area contributed by atoms with Crippen LogP contribution in [0, 0.1) is 17.1 Å². The summed E-state index contributed by atoms with van der Waals surface area (Å²) >= 11 is 0. The highest BCUT2D eigenvalue weighted by atomic mass is 19.1. The minimum Gasteiger partial charge on any atom is -0.455 e. The van der Waals surface area contributed by atoms with Crippen molar-refractivity contribution in [3.05, 3.63) is 107 Å². The van der Waals surface area contributed by atoms with Gasteiger partial charge >= 0.3 is 0 Å². The Hall–Kier alpha value is -4.64. The molecule has 2 N–H and O–H groups in total. The van der Waals surface area contributed by atoms with Crippen LogP contribution >= 0.6 is 0 Å². The minimum atomic E-state index is -1.99. The van der Waals surface area contributed by atoms with Gasteiger partial charge in [-0.25, -0.2) is 4.39 Å². The topological polar surface area (TPSA) is 99.7 Å². The molecule has 0 fully saturated rings. The number of likely N-dealkylation sites (N-methyl/N-ethyl adjacent to an activating group) is 1. The van der Waals surface area contributed by atoms with Gasteiger partial charge < -0.3 is 20.3 Å². The number of carbonyl (C=O) groups is 2. The monoisotopic (exact) mass is 466 g/mol. The van der Waals surface area contributed by atoms with Gasteiger partial charge in [-0.3, -0.25) is 9.59 Å². The van der Waals surface area contributed by atoms with Gasteiger partial charge in [-0.15, -0.1) is 0 Å². The number of nitrogens with zero attached hydrogens (tertiary/aromatic N) is 3. The molecule has 2 unspecified atom stereocenters. The molecule has 2 amide bonds. The van der Waals surface area contributed by atoms with E-state index in [-0.39, 0.29) is 23.6 Å². The predicted octanol–water partition coefficient (Wildman–Crippen LogP) is 3.21. The smallest absolute Gasteiger partial charge is 0.277 e. The van der Waals surface area contributed by atoms with Gasteiger partial charge in [0.05, 0.1) is 12.2 Å². The number of ether oxygens (including phenoxy) is 1. The Morgan fingerprint density at radius 3 is 2.43 bits per heavy atom. The van der Waals surface area contributed by atoms with E-state index in [0.29, 0.717) is 16.9 Å². The van der Waals surface area contributed by atoms with Crippen LogP contribution in [0.25, 0.3) is 0 Å². The number of carbonyl (C=O) groups excluding carboxylic acids is 2. The zero-order valence-corrected chi connectivity index (χ0v) is 18.7. The van der Waals surface area contributed by atoms with Gasteiger partial charge in [0.25, 0.3) is 5.91 Å². The summed E-state index contributed by atoms with van der Waals surface area (Å²) in [5, 5.41) is 10.2. The third kappa shape index (κ3) is 2.32. The quantitative estimate of drug-likeness (QED) is 0.625. The Morgan fingerprint density at radius 1 is 0.971 bits per heavy atom. The third-order valence-corrected chi connectivity index (χ3v) is 7.18. The predicted molar refractivity (Wildman–Crippen MR) is 125 cm³/mol. The second-order valence-corrected chi connectivity index (χ2v) is 8.80. The lowest BCUT2D eigenvalue weighted by Gasteiger charge is -2.37. The highest BCUT2D eigenvalue weighted by Crippen LogP contribution is 2.65. The number of nitrogens with two attached hydrogens (primary N) is 1. The summed E-state index contributed by atoms with van der Waals surface area (Å²) in [5.74, 6) is -2.06. The average Bonchev–Trinajstić information content (AvgIpc) is 3.36. The van der Waals surface area contributed by atoms with Crippen LogP contribution in [-0.4, -0.2) is 18.9 Å². The molecular formula is C27H19FN4O3. The first-order chi connectivity index (χ1) is 16.9. The molecule has 0 saturated heterocycles. The Bertz CT molecular complexity index is 1510. The molecule has 8 heteroatoms. The molecule has 7 nitrogen and oxygen atoms in total. The lowest BCUT2D eigenvalue weighted by molar-refractivity contribution is -0.148. The normalized spacial score (nSPS) is 24.3. The van der Waals surface area contributed by atoms with Gasteiger partial charge in [0.15, 0.2) is 5.41 Å². The molecule has 0 saturated carbocycles. The van der Waals surface area contributed by atoms with E-state index in [2.05, 4.69) is 0 Å². The van der Waals surface area contributed by atoms with Crippen molar-refractivity contribution in [2.24, 2.45) is 5.73 Å². The summed E-state index contributed by atoms with van der Waals surface area (Å²) in [6.45, 7) is 0.153. The van der Waals surface area contributed by atoms with Crippen LogP contribution in [0.15, 0.2) is 84.3 Å². The molecular weight excluding hydrogens is 447 g/mol. The minimum absolute atomic E-state index is 0.153. The van der Waals surface area contributed by atoms with Crippen molar-refractivity contribution < 1.29 is 18.7 Å². The van der Waals surface area contributed by atoms with Crippen LogP contribution in [0.2, 0.25) is 0 Å². The van der Waals surface area contributed by atoms with E-state index in [1.54, 1.807) is 31.3 Å². The number of nitriles is 1. The van der Waals surface area contributed by atoms with E-state index in [1.165, 1.54) is 28.0 Å². The summed E-state index contributed by atoms with van der Waals surface area (Å²) in [6.07, 6.45) is 0. The maximum Gasteiger partial charge on any atom is 0.277 e. The summed E-state index contributed by atoms with van der Waals surface area (Å²) < 4.78 is 20.9. The Kier molecular flexibility index (Phi) is 4.15. The van der Waals surface area contributed by atoms with E-state index < -0.39 is 28.6 Å². The summed E-state index contributed by atoms with van der Waals surface area (Å²) in [6, 6.07) is 22.1. The largest absolute Gasteiger partial charge is 0.455 e. The molecule has 0 radical (unpaired) electrons. The van der Waals surface area contributed by atoms with Crippen molar-refractivity contribution in [1.82, 2.24) is 0 Å². The van der Waals surface area contributed by atoms with Crippen LogP contribution in [0.4, 0.5) is 15.8 Å². The van der Waals surface area contributed by atoms with Crippen molar-refractivity contribution in [2.75, 3.05) is 16.8 Å². The third-order valence-electron chi connectivity index (χ3n) is 7.18. The van der Waals surface area contributed by atoms with Crippen LogP contribution in [0.1, 0.15) is 16.7 Å². The molecule has 0 bridgehead atoms. The molecule has 0 aromatic heterocycles. The van der Waals surface area contributed by atoms with E-state index in [9.17, 15) is 19.2 Å². The number of fused-ring (bicyclic) bond motifs is 5. The second kappa shape index (κ2) is 6.93. The van der Waals surface area contributed by atoms with Gasteiger partial charge in [-0.05, 0) is 29.8 Å². The van der Waals surface area contributed by atoms with E-state index >= 15 is 0 Å². The summed E-state index contributed by atoms with van der Waals surface area (Å²) in [4.78, 5) is 31.4. The first kappa shape index (κ1) is 20.9. The molecule has 3 aromatic carbocycles. The van der Waals surface area contributed by atoms with Crippen molar-refractivity contribution in [3.63, 3.8) is 0 Å². The number of para-hydroxylation sites is 1. The number of benzene rings is 3. The van der Waals surface area contributed by atoms with E-state index in [0.717, 1.165) is 5.56 Å². The van der Waals surface area contributed by atoms with Crippen molar-refractivity contribution >= 4 is 23.2 Å². The van der Waals surface area contributed by atoms with Gasteiger partial charge in [-0.1, -0.05) is 48.5 Å². The molecule has 3 aliphatic heterocycles. The van der Waals surface area contributed by atoms with E-state index in [4.69, 9.17) is 10.5 Å². The van der Waals surface area contributed by atoms with Crippen LogP contribution in [-0.2, 0) is 31.9 Å². The average molecular weight is 466 g/mol. The molecule has 172 valence electrons. The van der Waals surface area contributed by atoms with Gasteiger partial charge in [0, 0.05) is 23.9 Å². The van der Waals surface area contributed by atoms with Crippen LogP contribution < -0.4 is 15.5 Å². The van der Waals surface area contributed by atoms with Gasteiger partial charge in [0.2, 0.25) is 17.4 Å². The standard InChI is InChI=1S/C27H19FN4O3/c1-31-21-10-6-5-9-18(21)27(25(31)34)26(20(14-29)23(30)35-27)19-13-17(28)11-12-22(19)32(24(26)33)15-16-7-3-2-4-8-16/h2-13H,15,30H2,1H3. The zero-order chi connectivity index (χ0) is 24.5.